The molecule has 1 aliphatic heterocycles. The highest BCUT2D eigenvalue weighted by molar-refractivity contribution is 5.79. The summed E-state index contributed by atoms with van der Waals surface area (Å²) in [6, 6.07) is 6.48. The van der Waals surface area contributed by atoms with Crippen LogP contribution < -0.4 is 10.1 Å². The molecule has 1 aliphatic rings. The van der Waals surface area contributed by atoms with Gasteiger partial charge in [-0.15, -0.1) is 0 Å². The molecule has 4 nitrogen and oxygen atoms in total. The summed E-state index contributed by atoms with van der Waals surface area (Å²) in [5, 5.41) is 3.33. The molecule has 0 amide bonds. The zero-order valence-electron chi connectivity index (χ0n) is 11.4. The average molecular weight is 247 g/mol. The second kappa shape index (κ2) is 5.76. The summed E-state index contributed by atoms with van der Waals surface area (Å²) >= 11 is 0. The van der Waals surface area contributed by atoms with Crippen LogP contribution in [0.3, 0.4) is 0 Å². The minimum absolute atomic E-state index is 0.824. The molecule has 2 rings (SSSR count). The van der Waals surface area contributed by atoms with Crippen LogP contribution in [-0.2, 0) is 12.8 Å². The Morgan fingerprint density at radius 1 is 1.44 bits per heavy atom. The summed E-state index contributed by atoms with van der Waals surface area (Å²) in [6.07, 6.45) is 2.04. The van der Waals surface area contributed by atoms with Crippen LogP contribution >= 0.6 is 0 Å². The van der Waals surface area contributed by atoms with Gasteiger partial charge < -0.3 is 15.0 Å². The van der Waals surface area contributed by atoms with Crippen LogP contribution in [0.25, 0.3) is 0 Å². The Labute approximate surface area is 109 Å². The summed E-state index contributed by atoms with van der Waals surface area (Å²) < 4.78 is 5.50. The third-order valence-electron chi connectivity index (χ3n) is 3.09. The lowest BCUT2D eigenvalue weighted by Crippen LogP contribution is -2.37. The zero-order valence-corrected chi connectivity index (χ0v) is 11.4. The Hall–Kier alpha value is -1.71. The van der Waals surface area contributed by atoms with Gasteiger partial charge in [-0.2, -0.15) is 0 Å². The Morgan fingerprint density at radius 2 is 2.28 bits per heavy atom. The van der Waals surface area contributed by atoms with Crippen LogP contribution in [0, 0.1) is 0 Å². The van der Waals surface area contributed by atoms with E-state index < -0.39 is 0 Å². The molecular formula is C14H21N3O. The van der Waals surface area contributed by atoms with Gasteiger partial charge in [0.05, 0.1) is 6.61 Å². The van der Waals surface area contributed by atoms with Gasteiger partial charge in [-0.1, -0.05) is 12.1 Å². The number of hydrogen-bond acceptors (Lipinski definition) is 2. The van der Waals surface area contributed by atoms with E-state index in [9.17, 15) is 0 Å². The molecule has 0 unspecified atom stereocenters. The Balaban J connectivity index is 1.87. The number of fused-ring (bicyclic) bond motifs is 1. The number of nitrogens with one attached hydrogen (secondary N) is 1. The molecule has 1 heterocycles. The summed E-state index contributed by atoms with van der Waals surface area (Å²) in [4.78, 5) is 6.17. The van der Waals surface area contributed by atoms with E-state index in [1.54, 1.807) is 7.05 Å². The predicted molar refractivity (Wildman–Crippen MR) is 74.4 cm³/mol. The van der Waals surface area contributed by atoms with Crippen LogP contribution in [0.5, 0.6) is 5.75 Å². The van der Waals surface area contributed by atoms with E-state index >= 15 is 0 Å². The van der Waals surface area contributed by atoms with Crippen molar-refractivity contribution in [2.75, 3.05) is 34.3 Å². The van der Waals surface area contributed by atoms with Gasteiger partial charge in [-0.3, -0.25) is 4.99 Å². The Bertz CT molecular complexity index is 441. The van der Waals surface area contributed by atoms with Crippen LogP contribution in [0.2, 0.25) is 0 Å². The maximum atomic E-state index is 5.50. The minimum atomic E-state index is 0.824. The van der Waals surface area contributed by atoms with Crippen LogP contribution in [0.4, 0.5) is 0 Å². The molecule has 0 atom stereocenters. The fourth-order valence-corrected chi connectivity index (χ4v) is 2.15. The number of guanidine groups is 1. The molecule has 0 aromatic heterocycles. The molecule has 0 bridgehead atoms. The van der Waals surface area contributed by atoms with E-state index in [4.69, 9.17) is 4.74 Å². The van der Waals surface area contributed by atoms with Gasteiger partial charge in [0.2, 0.25) is 0 Å². The summed E-state index contributed by atoms with van der Waals surface area (Å²) in [7, 11) is 5.78. The van der Waals surface area contributed by atoms with E-state index in [1.807, 2.05) is 19.0 Å². The SMILES string of the molecule is CN=C(NCCc1ccc2c(c1)CCO2)N(C)C. The van der Waals surface area contributed by atoms with Crippen molar-refractivity contribution in [3.63, 3.8) is 0 Å². The van der Waals surface area contributed by atoms with Gasteiger partial charge in [0, 0.05) is 34.1 Å². The molecule has 1 aromatic carbocycles. The maximum absolute atomic E-state index is 5.50. The smallest absolute Gasteiger partial charge is 0.193 e. The molecule has 1 N–H and O–H groups in total. The lowest BCUT2D eigenvalue weighted by atomic mass is 10.1. The highest BCUT2D eigenvalue weighted by atomic mass is 16.5. The number of benzene rings is 1. The van der Waals surface area contributed by atoms with Crippen molar-refractivity contribution in [3.05, 3.63) is 29.3 Å². The largest absolute Gasteiger partial charge is 0.493 e. The summed E-state index contributed by atoms with van der Waals surface area (Å²) in [5.41, 5.74) is 2.69. The third kappa shape index (κ3) is 2.94. The quantitative estimate of drug-likeness (QED) is 0.646. The molecule has 0 saturated carbocycles. The lowest BCUT2D eigenvalue weighted by molar-refractivity contribution is 0.357. The number of aliphatic imine (C=N–C) groups is 1. The third-order valence-corrected chi connectivity index (χ3v) is 3.09. The molecule has 0 radical (unpaired) electrons. The molecule has 0 fully saturated rings. The molecule has 18 heavy (non-hydrogen) atoms. The van der Waals surface area contributed by atoms with Gasteiger partial charge >= 0.3 is 0 Å². The van der Waals surface area contributed by atoms with E-state index in [1.165, 1.54) is 11.1 Å². The van der Waals surface area contributed by atoms with E-state index in [0.29, 0.717) is 0 Å². The second-order valence-electron chi connectivity index (χ2n) is 4.66. The molecule has 4 heteroatoms. The Morgan fingerprint density at radius 3 is 3.00 bits per heavy atom. The second-order valence-corrected chi connectivity index (χ2v) is 4.66. The monoisotopic (exact) mass is 247 g/mol. The van der Waals surface area contributed by atoms with Crippen molar-refractivity contribution < 1.29 is 4.74 Å². The van der Waals surface area contributed by atoms with Gasteiger partial charge in [0.15, 0.2) is 5.96 Å². The van der Waals surface area contributed by atoms with Gasteiger partial charge in [0.1, 0.15) is 5.75 Å². The normalized spacial score (nSPS) is 14.1. The highest BCUT2D eigenvalue weighted by Crippen LogP contribution is 2.25. The van der Waals surface area contributed by atoms with Gasteiger partial charge in [-0.05, 0) is 23.6 Å². The van der Waals surface area contributed by atoms with Crippen molar-refractivity contribution in [3.8, 4) is 5.75 Å². The average Bonchev–Trinajstić information content (AvgIpc) is 2.81. The lowest BCUT2D eigenvalue weighted by Gasteiger charge is -2.16. The van der Waals surface area contributed by atoms with Crippen LogP contribution in [-0.4, -0.2) is 45.2 Å². The molecule has 0 saturated heterocycles. The van der Waals surface area contributed by atoms with Crippen LogP contribution in [0.1, 0.15) is 11.1 Å². The number of rotatable bonds is 3. The first kappa shape index (κ1) is 12.7. The summed E-state index contributed by atoms with van der Waals surface area (Å²) in [6.45, 7) is 1.72. The standard InChI is InChI=1S/C14H21N3O/c1-15-14(17(2)3)16-8-6-11-4-5-13-12(10-11)7-9-18-13/h4-5,10H,6-9H2,1-3H3,(H,15,16). The van der Waals surface area contributed by atoms with Crippen LogP contribution in [0.15, 0.2) is 23.2 Å². The number of ether oxygens (including phenoxy) is 1. The van der Waals surface area contributed by atoms with Crippen molar-refractivity contribution in [1.82, 2.24) is 10.2 Å². The first-order valence-corrected chi connectivity index (χ1v) is 6.33. The predicted octanol–water partition coefficient (Wildman–Crippen LogP) is 1.30. The molecule has 98 valence electrons. The molecular weight excluding hydrogens is 226 g/mol. The maximum Gasteiger partial charge on any atom is 0.193 e. The van der Waals surface area contributed by atoms with E-state index in [-0.39, 0.29) is 0 Å². The highest BCUT2D eigenvalue weighted by Gasteiger charge is 2.11. The summed E-state index contributed by atoms with van der Waals surface area (Å²) in [5.74, 6) is 1.97. The fraction of sp³-hybridized carbons (Fsp3) is 0.500. The van der Waals surface area contributed by atoms with Crippen molar-refractivity contribution in [1.29, 1.82) is 0 Å². The van der Waals surface area contributed by atoms with E-state index in [2.05, 4.69) is 28.5 Å². The van der Waals surface area contributed by atoms with Gasteiger partial charge in [-0.25, -0.2) is 0 Å². The van der Waals surface area contributed by atoms with Crippen molar-refractivity contribution in [2.24, 2.45) is 4.99 Å². The minimum Gasteiger partial charge on any atom is -0.493 e. The first-order valence-electron chi connectivity index (χ1n) is 6.33. The number of hydrogen-bond donors (Lipinski definition) is 1. The molecule has 0 aliphatic carbocycles. The van der Waals surface area contributed by atoms with Gasteiger partial charge in [0.25, 0.3) is 0 Å². The fourth-order valence-electron chi connectivity index (χ4n) is 2.15. The zero-order chi connectivity index (χ0) is 13.0. The van der Waals surface area contributed by atoms with Crippen molar-refractivity contribution >= 4 is 5.96 Å². The molecule has 1 aromatic rings. The topological polar surface area (TPSA) is 36.9 Å². The molecule has 0 spiro atoms. The number of nitrogens with zero attached hydrogens (tertiary/aromatic N) is 2. The first-order chi connectivity index (χ1) is 8.70. The van der Waals surface area contributed by atoms with E-state index in [0.717, 1.165) is 37.7 Å². The van der Waals surface area contributed by atoms with Crippen molar-refractivity contribution in [2.45, 2.75) is 12.8 Å². The Kier molecular flexibility index (Phi) is 4.07.